The van der Waals surface area contributed by atoms with Crippen molar-refractivity contribution in [3.8, 4) is 17.0 Å². The molecule has 31 heavy (non-hydrogen) atoms. The second kappa shape index (κ2) is 7.77. The predicted octanol–water partition coefficient (Wildman–Crippen LogP) is 2.88. The van der Waals surface area contributed by atoms with Crippen LogP contribution in [-0.2, 0) is 18.2 Å². The molecule has 8 heteroatoms. The first-order valence-electron chi connectivity index (χ1n) is 10.3. The zero-order valence-corrected chi connectivity index (χ0v) is 17.4. The number of ether oxygens (including phenoxy) is 2. The van der Waals surface area contributed by atoms with Gasteiger partial charge in [-0.05, 0) is 42.2 Å². The molecule has 2 atom stereocenters. The lowest BCUT2D eigenvalue weighted by molar-refractivity contribution is 0.00164. The van der Waals surface area contributed by atoms with Crippen LogP contribution in [0, 0.1) is 5.82 Å². The minimum Gasteiger partial charge on any atom is -0.497 e. The molecule has 2 aromatic heterocycles. The van der Waals surface area contributed by atoms with E-state index < -0.39 is 5.82 Å². The number of pyridine rings is 1. The predicted molar refractivity (Wildman–Crippen MR) is 114 cm³/mol. The fourth-order valence-electron chi connectivity index (χ4n) is 4.57. The molecule has 7 nitrogen and oxygen atoms in total. The van der Waals surface area contributed by atoms with Gasteiger partial charge in [0, 0.05) is 31.4 Å². The summed E-state index contributed by atoms with van der Waals surface area (Å²) < 4.78 is 27.4. The Kier molecular flexibility index (Phi) is 4.94. The van der Waals surface area contributed by atoms with Crippen molar-refractivity contribution in [1.82, 2.24) is 14.5 Å². The summed E-state index contributed by atoms with van der Waals surface area (Å²) >= 11 is 0. The van der Waals surface area contributed by atoms with E-state index in [4.69, 9.17) is 14.5 Å². The molecule has 0 radical (unpaired) electrons. The van der Waals surface area contributed by atoms with E-state index in [1.54, 1.807) is 14.2 Å². The van der Waals surface area contributed by atoms with Gasteiger partial charge in [-0.25, -0.2) is 9.37 Å². The summed E-state index contributed by atoms with van der Waals surface area (Å²) in [6.45, 7) is 1.10. The number of aryl methyl sites for hydroxylation is 1. The van der Waals surface area contributed by atoms with Crippen LogP contribution in [0.25, 0.3) is 11.3 Å². The largest absolute Gasteiger partial charge is 0.497 e. The van der Waals surface area contributed by atoms with E-state index in [1.165, 1.54) is 28.5 Å². The van der Waals surface area contributed by atoms with Gasteiger partial charge in [0.1, 0.15) is 11.9 Å². The van der Waals surface area contributed by atoms with Crippen LogP contribution < -0.4 is 15.2 Å². The van der Waals surface area contributed by atoms with Gasteiger partial charge in [0.05, 0.1) is 31.6 Å². The Hall–Kier alpha value is -3.26. The SMILES string of the molecule is COc1ccc2c(c1)[C@@H]1OCCN(c3nc(-c4ccncc4F)cc(=O)n3C)[C@@H]1CC2. The first kappa shape index (κ1) is 19.7. The molecule has 1 saturated heterocycles. The summed E-state index contributed by atoms with van der Waals surface area (Å²) in [5.74, 6) is 0.803. The van der Waals surface area contributed by atoms with Crippen LogP contribution in [0.2, 0.25) is 0 Å². The Morgan fingerprint density at radius 3 is 2.94 bits per heavy atom. The number of rotatable bonds is 3. The number of benzene rings is 1. The summed E-state index contributed by atoms with van der Waals surface area (Å²) in [5.41, 5.74) is 2.69. The van der Waals surface area contributed by atoms with Crippen LogP contribution in [0.5, 0.6) is 5.75 Å². The molecule has 1 aromatic carbocycles. The standard InChI is InChI=1S/C23H23FN4O3/c1-27-21(29)12-19(16-7-8-25-13-18(16)24)26-23(27)28-9-10-31-22-17-11-15(30-2)5-3-14(17)4-6-20(22)28/h3,5,7-8,11-13,20,22H,4,6,9-10H2,1-2H3/t20-,22+/m1/s1. The molecular formula is C23H23FN4O3. The number of hydrogen-bond acceptors (Lipinski definition) is 6. The number of methoxy groups -OCH3 is 1. The van der Waals surface area contributed by atoms with E-state index in [2.05, 4.69) is 16.0 Å². The second-order valence-corrected chi connectivity index (χ2v) is 7.85. The van der Waals surface area contributed by atoms with Gasteiger partial charge in [0.15, 0.2) is 5.82 Å². The quantitative estimate of drug-likeness (QED) is 0.647. The van der Waals surface area contributed by atoms with Gasteiger partial charge >= 0.3 is 0 Å². The van der Waals surface area contributed by atoms with Gasteiger partial charge in [0.2, 0.25) is 5.95 Å². The third-order valence-corrected chi connectivity index (χ3v) is 6.16. The molecule has 0 unspecified atom stereocenters. The van der Waals surface area contributed by atoms with Crippen LogP contribution in [0.1, 0.15) is 23.7 Å². The molecule has 160 valence electrons. The molecule has 0 bridgehead atoms. The molecule has 1 aliphatic heterocycles. The first-order chi connectivity index (χ1) is 15.1. The summed E-state index contributed by atoms with van der Waals surface area (Å²) in [6.07, 6.45) is 4.24. The van der Waals surface area contributed by atoms with E-state index in [0.717, 1.165) is 30.4 Å². The highest BCUT2D eigenvalue weighted by Gasteiger charge is 2.39. The normalized spacial score (nSPS) is 20.2. The van der Waals surface area contributed by atoms with Crippen LogP contribution in [0.4, 0.5) is 10.3 Å². The maximum Gasteiger partial charge on any atom is 0.255 e. The Labute approximate surface area is 179 Å². The van der Waals surface area contributed by atoms with Crippen LogP contribution in [-0.4, -0.2) is 40.8 Å². The fraction of sp³-hybridized carbons (Fsp3) is 0.348. The van der Waals surface area contributed by atoms with Crippen molar-refractivity contribution >= 4 is 5.95 Å². The third kappa shape index (κ3) is 3.37. The molecule has 0 N–H and O–H groups in total. The lowest BCUT2D eigenvalue weighted by Gasteiger charge is -2.45. The molecule has 0 amide bonds. The fourth-order valence-corrected chi connectivity index (χ4v) is 4.57. The van der Waals surface area contributed by atoms with Crippen molar-refractivity contribution in [3.05, 3.63) is 70.0 Å². The maximum atomic E-state index is 14.3. The Morgan fingerprint density at radius 2 is 2.13 bits per heavy atom. The van der Waals surface area contributed by atoms with Crippen molar-refractivity contribution in [2.24, 2.45) is 7.05 Å². The van der Waals surface area contributed by atoms with Gasteiger partial charge in [-0.1, -0.05) is 6.07 Å². The number of hydrogen-bond donors (Lipinski definition) is 0. The van der Waals surface area contributed by atoms with Crippen molar-refractivity contribution in [2.75, 3.05) is 25.2 Å². The molecule has 3 heterocycles. The average Bonchev–Trinajstić information content (AvgIpc) is 2.80. The Bertz CT molecular complexity index is 1200. The number of aromatic nitrogens is 3. The first-order valence-corrected chi connectivity index (χ1v) is 10.3. The molecule has 2 aliphatic rings. The number of nitrogens with zero attached hydrogens (tertiary/aromatic N) is 4. The van der Waals surface area contributed by atoms with Gasteiger partial charge in [-0.3, -0.25) is 14.3 Å². The molecule has 0 saturated carbocycles. The van der Waals surface area contributed by atoms with Crippen molar-refractivity contribution in [3.63, 3.8) is 0 Å². The molecule has 3 aromatic rings. The number of fused-ring (bicyclic) bond motifs is 3. The van der Waals surface area contributed by atoms with Crippen molar-refractivity contribution in [1.29, 1.82) is 0 Å². The maximum absolute atomic E-state index is 14.3. The van der Waals surface area contributed by atoms with Gasteiger partial charge in [-0.2, -0.15) is 0 Å². The van der Waals surface area contributed by atoms with Crippen LogP contribution in [0.3, 0.4) is 0 Å². The average molecular weight is 422 g/mol. The summed E-state index contributed by atoms with van der Waals surface area (Å²) in [5, 5.41) is 0. The molecule has 1 fully saturated rings. The third-order valence-electron chi connectivity index (χ3n) is 6.16. The zero-order chi connectivity index (χ0) is 21.5. The summed E-state index contributed by atoms with van der Waals surface area (Å²) in [4.78, 5) is 23.4. The van der Waals surface area contributed by atoms with E-state index in [1.807, 2.05) is 12.1 Å². The van der Waals surface area contributed by atoms with E-state index in [0.29, 0.717) is 24.8 Å². The number of halogens is 1. The smallest absolute Gasteiger partial charge is 0.255 e. The summed E-state index contributed by atoms with van der Waals surface area (Å²) in [7, 11) is 3.35. The number of morpholine rings is 1. The van der Waals surface area contributed by atoms with E-state index >= 15 is 0 Å². The molecule has 1 aliphatic carbocycles. The van der Waals surface area contributed by atoms with Gasteiger partial charge in [0.25, 0.3) is 5.56 Å². The zero-order valence-electron chi connectivity index (χ0n) is 17.4. The Morgan fingerprint density at radius 1 is 1.26 bits per heavy atom. The minimum atomic E-state index is -0.507. The lowest BCUT2D eigenvalue weighted by Crippen LogP contribution is -2.51. The van der Waals surface area contributed by atoms with Crippen LogP contribution in [0.15, 0.2) is 47.5 Å². The van der Waals surface area contributed by atoms with E-state index in [9.17, 15) is 9.18 Å². The topological polar surface area (TPSA) is 69.5 Å². The van der Waals surface area contributed by atoms with Crippen LogP contribution >= 0.6 is 0 Å². The molecular weight excluding hydrogens is 399 g/mol. The highest BCUT2D eigenvalue weighted by molar-refractivity contribution is 5.60. The van der Waals surface area contributed by atoms with Crippen molar-refractivity contribution in [2.45, 2.75) is 25.0 Å². The monoisotopic (exact) mass is 422 g/mol. The Balaban J connectivity index is 1.58. The highest BCUT2D eigenvalue weighted by atomic mass is 19.1. The van der Waals surface area contributed by atoms with Gasteiger partial charge < -0.3 is 14.4 Å². The van der Waals surface area contributed by atoms with Gasteiger partial charge in [-0.15, -0.1) is 0 Å². The second-order valence-electron chi connectivity index (χ2n) is 7.85. The summed E-state index contributed by atoms with van der Waals surface area (Å²) in [6, 6.07) is 9.01. The molecule has 5 rings (SSSR count). The molecule has 0 spiro atoms. The number of anilines is 1. The van der Waals surface area contributed by atoms with E-state index in [-0.39, 0.29) is 23.3 Å². The lowest BCUT2D eigenvalue weighted by atomic mass is 9.84. The minimum absolute atomic E-state index is 0.0176. The highest BCUT2D eigenvalue weighted by Crippen LogP contribution is 2.40. The van der Waals surface area contributed by atoms with Crippen molar-refractivity contribution < 1.29 is 13.9 Å².